The molecule has 1 fully saturated rings. The van der Waals surface area contributed by atoms with Crippen LogP contribution in [0.2, 0.25) is 0 Å². The minimum atomic E-state index is 0.115. The van der Waals surface area contributed by atoms with Gasteiger partial charge < -0.3 is 15.1 Å². The monoisotopic (exact) mass is 238 g/mol. The smallest absolute Gasteiger partial charge is 0.315 e. The lowest BCUT2D eigenvalue weighted by Crippen LogP contribution is -2.17. The molecule has 1 aromatic rings. The number of anilines is 1. The lowest BCUT2D eigenvalue weighted by molar-refractivity contribution is 0.424. The second-order valence-electron chi connectivity index (χ2n) is 4.93. The van der Waals surface area contributed by atoms with Crippen LogP contribution < -0.4 is 10.6 Å². The van der Waals surface area contributed by atoms with Gasteiger partial charge in [0.05, 0.1) is 6.04 Å². The minimum Gasteiger partial charge on any atom is -0.406 e. The zero-order valence-corrected chi connectivity index (χ0v) is 10.9. The normalized spacial score (nSPS) is 19.0. The molecule has 1 aliphatic carbocycles. The fourth-order valence-electron chi connectivity index (χ4n) is 1.97. The van der Waals surface area contributed by atoms with Crippen LogP contribution >= 0.6 is 0 Å². The van der Waals surface area contributed by atoms with Gasteiger partial charge in [0.25, 0.3) is 0 Å². The second-order valence-corrected chi connectivity index (χ2v) is 4.93. The van der Waals surface area contributed by atoms with E-state index in [1.807, 2.05) is 6.92 Å². The molecular formula is C12H22N4O. The molecule has 1 aromatic heterocycles. The molecule has 1 aliphatic rings. The molecule has 5 nitrogen and oxygen atoms in total. The molecule has 17 heavy (non-hydrogen) atoms. The van der Waals surface area contributed by atoms with E-state index in [0.29, 0.717) is 17.3 Å². The average Bonchev–Trinajstić information content (AvgIpc) is 2.96. The summed E-state index contributed by atoms with van der Waals surface area (Å²) in [6, 6.07) is 0.661. The Morgan fingerprint density at radius 3 is 2.71 bits per heavy atom. The zero-order valence-electron chi connectivity index (χ0n) is 10.9. The second kappa shape index (κ2) is 5.04. The van der Waals surface area contributed by atoms with E-state index >= 15 is 0 Å². The standard InChI is InChI=1S/C12H22N4O/c1-4-12(6-7-12)8-14-11-16-15-10(17-11)9(3)13-5-2/h9,13H,4-8H2,1-3H3,(H,14,16). The number of rotatable bonds is 7. The largest absolute Gasteiger partial charge is 0.406 e. The van der Waals surface area contributed by atoms with Crippen molar-refractivity contribution in [3.05, 3.63) is 5.89 Å². The van der Waals surface area contributed by atoms with Crippen molar-refractivity contribution in [2.24, 2.45) is 5.41 Å². The first-order valence-electron chi connectivity index (χ1n) is 6.50. The molecule has 1 atom stereocenters. The first-order valence-corrected chi connectivity index (χ1v) is 6.50. The molecule has 0 radical (unpaired) electrons. The highest BCUT2D eigenvalue weighted by molar-refractivity contribution is 5.19. The van der Waals surface area contributed by atoms with Crippen molar-refractivity contribution in [3.8, 4) is 0 Å². The lowest BCUT2D eigenvalue weighted by Gasteiger charge is -2.11. The molecule has 0 saturated heterocycles. The molecule has 1 heterocycles. The third kappa shape index (κ3) is 2.97. The van der Waals surface area contributed by atoms with Gasteiger partial charge in [-0.05, 0) is 38.1 Å². The Balaban J connectivity index is 1.85. The molecule has 96 valence electrons. The topological polar surface area (TPSA) is 63.0 Å². The van der Waals surface area contributed by atoms with Gasteiger partial charge in [0, 0.05) is 6.54 Å². The van der Waals surface area contributed by atoms with E-state index in [9.17, 15) is 0 Å². The Hall–Kier alpha value is -1.10. The summed E-state index contributed by atoms with van der Waals surface area (Å²) in [4.78, 5) is 0. The van der Waals surface area contributed by atoms with Crippen LogP contribution in [0.5, 0.6) is 0 Å². The maximum Gasteiger partial charge on any atom is 0.315 e. The number of nitrogens with one attached hydrogen (secondary N) is 2. The Morgan fingerprint density at radius 1 is 1.35 bits per heavy atom. The Kier molecular flexibility index (Phi) is 3.66. The average molecular weight is 238 g/mol. The van der Waals surface area contributed by atoms with Crippen LogP contribution in [0.1, 0.15) is 52.0 Å². The highest BCUT2D eigenvalue weighted by atomic mass is 16.4. The van der Waals surface area contributed by atoms with Crippen molar-refractivity contribution < 1.29 is 4.42 Å². The Labute approximate surface area is 102 Å². The molecule has 0 aliphatic heterocycles. The molecule has 0 bridgehead atoms. The van der Waals surface area contributed by atoms with E-state index in [0.717, 1.165) is 13.1 Å². The van der Waals surface area contributed by atoms with Crippen LogP contribution in [0.15, 0.2) is 4.42 Å². The van der Waals surface area contributed by atoms with Crippen LogP contribution in [0.25, 0.3) is 0 Å². The summed E-state index contributed by atoms with van der Waals surface area (Å²) in [5.74, 6) is 0.649. The van der Waals surface area contributed by atoms with Gasteiger partial charge in [-0.2, -0.15) is 0 Å². The quantitative estimate of drug-likeness (QED) is 0.763. The van der Waals surface area contributed by atoms with E-state index in [2.05, 4.69) is 34.7 Å². The van der Waals surface area contributed by atoms with Crippen molar-refractivity contribution in [3.63, 3.8) is 0 Å². The SMILES string of the molecule is CCNC(C)c1nnc(NCC2(CC)CC2)o1. The van der Waals surface area contributed by atoms with Gasteiger partial charge in [-0.3, -0.25) is 0 Å². The minimum absolute atomic E-state index is 0.115. The number of nitrogens with zero attached hydrogens (tertiary/aromatic N) is 2. The first-order chi connectivity index (χ1) is 8.19. The highest BCUT2D eigenvalue weighted by Crippen LogP contribution is 2.48. The molecule has 0 spiro atoms. The van der Waals surface area contributed by atoms with Gasteiger partial charge in [-0.1, -0.05) is 18.9 Å². The van der Waals surface area contributed by atoms with Crippen molar-refractivity contribution >= 4 is 6.01 Å². The van der Waals surface area contributed by atoms with Crippen LogP contribution in [0.4, 0.5) is 6.01 Å². The van der Waals surface area contributed by atoms with Gasteiger partial charge in [0.1, 0.15) is 0 Å². The van der Waals surface area contributed by atoms with Gasteiger partial charge in [0.2, 0.25) is 5.89 Å². The van der Waals surface area contributed by atoms with Crippen molar-refractivity contribution in [2.45, 2.75) is 46.1 Å². The Morgan fingerprint density at radius 2 is 2.12 bits per heavy atom. The van der Waals surface area contributed by atoms with E-state index in [4.69, 9.17) is 4.42 Å². The zero-order chi connectivity index (χ0) is 12.3. The van der Waals surface area contributed by atoms with Crippen LogP contribution in [0.3, 0.4) is 0 Å². The van der Waals surface area contributed by atoms with Crippen LogP contribution in [-0.4, -0.2) is 23.3 Å². The maximum absolute atomic E-state index is 5.57. The van der Waals surface area contributed by atoms with Gasteiger partial charge in [-0.15, -0.1) is 5.10 Å². The molecule has 0 amide bonds. The summed E-state index contributed by atoms with van der Waals surface area (Å²) in [5, 5.41) is 14.6. The van der Waals surface area contributed by atoms with Gasteiger partial charge >= 0.3 is 6.01 Å². The number of hydrogen-bond acceptors (Lipinski definition) is 5. The summed E-state index contributed by atoms with van der Waals surface area (Å²) in [5.41, 5.74) is 0.488. The Bertz CT molecular complexity index is 359. The lowest BCUT2D eigenvalue weighted by atomic mass is 10.0. The molecule has 1 saturated carbocycles. The molecule has 2 N–H and O–H groups in total. The predicted molar refractivity (Wildman–Crippen MR) is 66.8 cm³/mol. The summed E-state index contributed by atoms with van der Waals surface area (Å²) in [7, 11) is 0. The van der Waals surface area contributed by atoms with Crippen molar-refractivity contribution in [1.82, 2.24) is 15.5 Å². The van der Waals surface area contributed by atoms with E-state index in [-0.39, 0.29) is 6.04 Å². The van der Waals surface area contributed by atoms with Gasteiger partial charge in [0.15, 0.2) is 0 Å². The fraction of sp³-hybridized carbons (Fsp3) is 0.833. The van der Waals surface area contributed by atoms with Crippen LogP contribution in [-0.2, 0) is 0 Å². The van der Waals surface area contributed by atoms with E-state index in [1.165, 1.54) is 19.3 Å². The summed E-state index contributed by atoms with van der Waals surface area (Å²) >= 11 is 0. The fourth-order valence-corrected chi connectivity index (χ4v) is 1.97. The summed E-state index contributed by atoms with van der Waals surface area (Å²) in [6.07, 6.45) is 3.84. The van der Waals surface area contributed by atoms with Crippen molar-refractivity contribution in [2.75, 3.05) is 18.4 Å². The molecule has 2 rings (SSSR count). The van der Waals surface area contributed by atoms with Crippen LogP contribution in [0, 0.1) is 5.41 Å². The third-order valence-corrected chi connectivity index (χ3v) is 3.64. The molecule has 1 unspecified atom stereocenters. The summed E-state index contributed by atoms with van der Waals surface area (Å²) in [6.45, 7) is 8.16. The predicted octanol–water partition coefficient (Wildman–Crippen LogP) is 2.34. The van der Waals surface area contributed by atoms with Crippen molar-refractivity contribution in [1.29, 1.82) is 0 Å². The maximum atomic E-state index is 5.57. The van der Waals surface area contributed by atoms with E-state index < -0.39 is 0 Å². The van der Waals surface area contributed by atoms with Gasteiger partial charge in [-0.25, -0.2) is 0 Å². The number of hydrogen-bond donors (Lipinski definition) is 2. The highest BCUT2D eigenvalue weighted by Gasteiger charge is 2.40. The van der Waals surface area contributed by atoms with E-state index in [1.54, 1.807) is 0 Å². The molecule has 0 aromatic carbocycles. The molecular weight excluding hydrogens is 216 g/mol. The summed E-state index contributed by atoms with van der Waals surface area (Å²) < 4.78 is 5.57. The molecule has 5 heteroatoms. The first kappa shape index (κ1) is 12.4. The third-order valence-electron chi connectivity index (χ3n) is 3.64. The number of aromatic nitrogens is 2.